The highest BCUT2D eigenvalue weighted by atomic mass is 16.2. The van der Waals surface area contributed by atoms with Gasteiger partial charge in [-0.05, 0) is 12.1 Å². The largest absolute Gasteiger partial charge is 0.346 e. The molecule has 2 rings (SSSR count). The number of hydrogen-bond acceptors (Lipinski definition) is 3. The minimum absolute atomic E-state index is 0.208. The zero-order chi connectivity index (χ0) is 13.1. The Morgan fingerprint density at radius 2 is 2.11 bits per heavy atom. The number of carbonyl (C=O) groups excluding carboxylic acids is 1. The molecular weight excluding hydrogens is 232 g/mol. The number of rotatable bonds is 3. The molecule has 0 fully saturated rings. The van der Waals surface area contributed by atoms with Gasteiger partial charge in [0.25, 0.3) is 11.5 Å². The lowest BCUT2D eigenvalue weighted by Crippen LogP contribution is -2.25. The van der Waals surface area contributed by atoms with E-state index < -0.39 is 0 Å². The van der Waals surface area contributed by atoms with E-state index in [0.717, 1.165) is 5.69 Å². The first-order valence-corrected chi connectivity index (χ1v) is 5.49. The molecule has 0 aliphatic carbocycles. The topological polar surface area (TPSA) is 68.9 Å². The van der Waals surface area contributed by atoms with E-state index in [4.69, 9.17) is 0 Å². The van der Waals surface area contributed by atoms with Gasteiger partial charge in [0, 0.05) is 38.1 Å². The van der Waals surface area contributed by atoms with E-state index in [0.29, 0.717) is 12.1 Å². The molecule has 2 aromatic heterocycles. The molecule has 18 heavy (non-hydrogen) atoms. The van der Waals surface area contributed by atoms with Gasteiger partial charge in [-0.3, -0.25) is 14.3 Å². The van der Waals surface area contributed by atoms with Gasteiger partial charge in [0.2, 0.25) is 0 Å². The Kier molecular flexibility index (Phi) is 3.27. The van der Waals surface area contributed by atoms with Gasteiger partial charge >= 0.3 is 0 Å². The molecule has 0 radical (unpaired) electrons. The summed E-state index contributed by atoms with van der Waals surface area (Å²) in [5, 5.41) is 6.86. The third-order valence-electron chi connectivity index (χ3n) is 2.57. The fourth-order valence-corrected chi connectivity index (χ4v) is 1.52. The zero-order valence-electron chi connectivity index (χ0n) is 10.3. The van der Waals surface area contributed by atoms with E-state index in [9.17, 15) is 9.59 Å². The summed E-state index contributed by atoms with van der Waals surface area (Å²) in [5.74, 6) is -0.279. The van der Waals surface area contributed by atoms with Gasteiger partial charge in [0.05, 0.1) is 12.2 Å². The van der Waals surface area contributed by atoms with Crippen LogP contribution in [0, 0.1) is 0 Å². The van der Waals surface area contributed by atoms with Gasteiger partial charge in [0.1, 0.15) is 0 Å². The Hall–Kier alpha value is -2.37. The van der Waals surface area contributed by atoms with Gasteiger partial charge in [0.15, 0.2) is 0 Å². The number of carbonyl (C=O) groups is 1. The predicted octanol–water partition coefficient (Wildman–Crippen LogP) is 0.0488. The van der Waals surface area contributed by atoms with Gasteiger partial charge < -0.3 is 9.88 Å². The lowest BCUT2D eigenvalue weighted by molar-refractivity contribution is 0.0950. The summed E-state index contributed by atoms with van der Waals surface area (Å²) in [6, 6.07) is 4.74. The number of aromatic nitrogens is 3. The number of aryl methyl sites for hydroxylation is 2. The highest BCUT2D eigenvalue weighted by Crippen LogP contribution is 1.97. The zero-order valence-corrected chi connectivity index (χ0v) is 10.3. The van der Waals surface area contributed by atoms with Crippen molar-refractivity contribution in [1.29, 1.82) is 0 Å². The van der Waals surface area contributed by atoms with Gasteiger partial charge in [-0.1, -0.05) is 0 Å². The summed E-state index contributed by atoms with van der Waals surface area (Å²) in [7, 11) is 3.45. The van der Waals surface area contributed by atoms with Crippen LogP contribution >= 0.6 is 0 Å². The minimum Gasteiger partial charge on any atom is -0.346 e. The highest BCUT2D eigenvalue weighted by molar-refractivity contribution is 5.93. The molecule has 1 N–H and O–H groups in total. The van der Waals surface area contributed by atoms with Crippen molar-refractivity contribution in [3.63, 3.8) is 0 Å². The maximum Gasteiger partial charge on any atom is 0.251 e. The predicted molar refractivity (Wildman–Crippen MR) is 66.1 cm³/mol. The summed E-state index contributed by atoms with van der Waals surface area (Å²) in [6.07, 6.45) is 3.37. The Bertz CT molecular complexity index is 627. The molecule has 94 valence electrons. The van der Waals surface area contributed by atoms with Crippen molar-refractivity contribution in [3.8, 4) is 0 Å². The van der Waals surface area contributed by atoms with E-state index in [1.54, 1.807) is 30.2 Å². The molecule has 0 aromatic carbocycles. The first kappa shape index (κ1) is 12.1. The Labute approximate surface area is 104 Å². The van der Waals surface area contributed by atoms with E-state index >= 15 is 0 Å². The highest BCUT2D eigenvalue weighted by Gasteiger charge is 2.07. The molecule has 6 nitrogen and oxygen atoms in total. The number of nitrogens with zero attached hydrogens (tertiary/aromatic N) is 3. The van der Waals surface area contributed by atoms with E-state index in [-0.39, 0.29) is 11.5 Å². The minimum atomic E-state index is -0.279. The summed E-state index contributed by atoms with van der Waals surface area (Å²) >= 11 is 0. The number of amides is 1. The van der Waals surface area contributed by atoms with Crippen LogP contribution in [-0.2, 0) is 20.6 Å². The summed E-state index contributed by atoms with van der Waals surface area (Å²) < 4.78 is 3.08. The van der Waals surface area contributed by atoms with Gasteiger partial charge in [-0.15, -0.1) is 0 Å². The SMILES string of the molecule is Cn1ccc(CNC(=O)c2ccn(C)c(=O)c2)n1. The Morgan fingerprint density at radius 1 is 1.33 bits per heavy atom. The smallest absolute Gasteiger partial charge is 0.251 e. The maximum absolute atomic E-state index is 11.8. The number of pyridine rings is 1. The monoisotopic (exact) mass is 246 g/mol. The van der Waals surface area contributed by atoms with Crippen LogP contribution in [0.5, 0.6) is 0 Å². The Balaban J connectivity index is 2.03. The average molecular weight is 246 g/mol. The lowest BCUT2D eigenvalue weighted by atomic mass is 10.2. The van der Waals surface area contributed by atoms with Crippen molar-refractivity contribution in [2.45, 2.75) is 6.54 Å². The molecule has 0 bridgehead atoms. The summed E-state index contributed by atoms with van der Waals surface area (Å²) in [6.45, 7) is 0.342. The molecule has 0 unspecified atom stereocenters. The van der Waals surface area contributed by atoms with E-state index in [1.807, 2.05) is 13.1 Å². The first-order chi connectivity index (χ1) is 8.56. The van der Waals surface area contributed by atoms with Crippen LogP contribution in [0.1, 0.15) is 16.1 Å². The van der Waals surface area contributed by atoms with Crippen LogP contribution in [0.25, 0.3) is 0 Å². The van der Waals surface area contributed by atoms with Gasteiger partial charge in [-0.2, -0.15) is 5.10 Å². The molecule has 0 spiro atoms. The third-order valence-corrected chi connectivity index (χ3v) is 2.57. The lowest BCUT2D eigenvalue weighted by Gasteiger charge is -2.04. The van der Waals surface area contributed by atoms with Crippen LogP contribution in [0.2, 0.25) is 0 Å². The Morgan fingerprint density at radius 3 is 2.72 bits per heavy atom. The molecule has 0 saturated heterocycles. The molecular formula is C12H14N4O2. The van der Waals surface area contributed by atoms with E-state index in [1.165, 1.54) is 10.6 Å². The van der Waals surface area contributed by atoms with Crippen molar-refractivity contribution in [2.75, 3.05) is 0 Å². The fourth-order valence-electron chi connectivity index (χ4n) is 1.52. The first-order valence-electron chi connectivity index (χ1n) is 5.49. The summed E-state index contributed by atoms with van der Waals surface area (Å²) in [4.78, 5) is 23.2. The van der Waals surface area contributed by atoms with Crippen molar-refractivity contribution < 1.29 is 4.79 Å². The second kappa shape index (κ2) is 4.87. The average Bonchev–Trinajstić information content (AvgIpc) is 2.75. The maximum atomic E-state index is 11.8. The van der Waals surface area contributed by atoms with Crippen molar-refractivity contribution in [3.05, 3.63) is 52.2 Å². The summed E-state index contributed by atoms with van der Waals surface area (Å²) in [5.41, 5.74) is 0.921. The number of nitrogens with one attached hydrogen (secondary N) is 1. The van der Waals surface area contributed by atoms with Crippen LogP contribution in [0.3, 0.4) is 0 Å². The van der Waals surface area contributed by atoms with Crippen LogP contribution in [-0.4, -0.2) is 20.3 Å². The van der Waals surface area contributed by atoms with Crippen LogP contribution in [0.4, 0.5) is 0 Å². The quantitative estimate of drug-likeness (QED) is 0.832. The second-order valence-electron chi connectivity index (χ2n) is 4.03. The number of hydrogen-bond donors (Lipinski definition) is 1. The van der Waals surface area contributed by atoms with Crippen LogP contribution < -0.4 is 10.9 Å². The molecule has 0 saturated carbocycles. The molecule has 0 atom stereocenters. The molecule has 2 heterocycles. The third kappa shape index (κ3) is 2.65. The van der Waals surface area contributed by atoms with Crippen molar-refractivity contribution >= 4 is 5.91 Å². The fraction of sp³-hybridized carbons (Fsp3) is 0.250. The van der Waals surface area contributed by atoms with Crippen molar-refractivity contribution in [2.24, 2.45) is 14.1 Å². The van der Waals surface area contributed by atoms with Gasteiger partial charge in [-0.25, -0.2) is 0 Å². The molecule has 0 aliphatic rings. The standard InChI is InChI=1S/C12H14N4O2/c1-15-5-3-9(7-11(15)17)12(18)13-8-10-4-6-16(2)14-10/h3-7H,8H2,1-2H3,(H,13,18). The molecule has 0 aliphatic heterocycles. The molecule has 2 aromatic rings. The molecule has 6 heteroatoms. The van der Waals surface area contributed by atoms with Crippen molar-refractivity contribution in [1.82, 2.24) is 19.7 Å². The molecule has 1 amide bonds. The normalized spacial score (nSPS) is 10.3. The van der Waals surface area contributed by atoms with Crippen LogP contribution in [0.15, 0.2) is 35.4 Å². The second-order valence-corrected chi connectivity index (χ2v) is 4.03. The van der Waals surface area contributed by atoms with E-state index in [2.05, 4.69) is 10.4 Å².